The Kier molecular flexibility index (Phi) is 4.85. The van der Waals surface area contributed by atoms with Gasteiger partial charge >= 0.3 is 12.1 Å². The minimum atomic E-state index is -0.849. The molecule has 8 heteroatoms. The van der Waals surface area contributed by atoms with Gasteiger partial charge in [0.05, 0.1) is 6.61 Å². The molecule has 1 aromatic rings. The van der Waals surface area contributed by atoms with Gasteiger partial charge in [0.2, 0.25) is 0 Å². The molecule has 1 saturated carbocycles. The van der Waals surface area contributed by atoms with Gasteiger partial charge in [-0.2, -0.15) is 5.01 Å². The first-order valence-corrected chi connectivity index (χ1v) is 6.88. The fraction of sp³-hybridized carbons (Fsp3) is 0.385. The summed E-state index contributed by atoms with van der Waals surface area (Å²) in [6, 6.07) is 3.20. The van der Waals surface area contributed by atoms with Crippen LogP contribution in [-0.2, 0) is 4.74 Å². The Labute approximate surface area is 126 Å². The van der Waals surface area contributed by atoms with Crippen molar-refractivity contribution >= 4 is 29.4 Å². The zero-order valence-electron chi connectivity index (χ0n) is 11.4. The first kappa shape index (κ1) is 15.4. The van der Waals surface area contributed by atoms with Crippen molar-refractivity contribution in [3.05, 3.63) is 29.0 Å². The number of hydrogen-bond acceptors (Lipinski definition) is 3. The van der Waals surface area contributed by atoms with Crippen molar-refractivity contribution < 1.29 is 18.7 Å². The number of rotatable bonds is 3. The monoisotopic (exact) mass is 315 g/mol. The Balaban J connectivity index is 2.20. The maximum Gasteiger partial charge on any atom is 0.426 e. The van der Waals surface area contributed by atoms with E-state index >= 15 is 0 Å². The number of carbonyl (C=O) groups is 2. The number of amides is 3. The zero-order chi connectivity index (χ0) is 15.4. The first-order valence-electron chi connectivity index (χ1n) is 6.50. The van der Waals surface area contributed by atoms with Crippen LogP contribution in [0.4, 0.5) is 19.7 Å². The molecule has 0 radical (unpaired) electrons. The van der Waals surface area contributed by atoms with E-state index in [2.05, 4.69) is 10.7 Å². The maximum absolute atomic E-state index is 14.0. The van der Waals surface area contributed by atoms with Crippen LogP contribution in [0, 0.1) is 5.82 Å². The fourth-order valence-corrected chi connectivity index (χ4v) is 1.76. The molecular formula is C13H15ClFN3O3. The van der Waals surface area contributed by atoms with E-state index in [1.807, 2.05) is 0 Å². The second kappa shape index (κ2) is 6.62. The number of nitrogens with one attached hydrogen (secondary N) is 2. The highest BCUT2D eigenvalue weighted by Crippen LogP contribution is 2.24. The lowest BCUT2D eigenvalue weighted by Gasteiger charge is -2.23. The van der Waals surface area contributed by atoms with Crippen molar-refractivity contribution in [2.45, 2.75) is 25.8 Å². The predicted octanol–water partition coefficient (Wildman–Crippen LogP) is 2.82. The van der Waals surface area contributed by atoms with Crippen molar-refractivity contribution in [2.75, 3.05) is 11.6 Å². The second-order valence-corrected chi connectivity index (χ2v) is 4.92. The largest absolute Gasteiger partial charge is 0.449 e. The summed E-state index contributed by atoms with van der Waals surface area (Å²) in [5, 5.41) is 3.63. The van der Waals surface area contributed by atoms with Crippen molar-refractivity contribution in [1.82, 2.24) is 10.7 Å². The molecule has 3 amide bonds. The Bertz CT molecular complexity index is 551. The number of ether oxygens (including phenoxy) is 1. The third-order valence-electron chi connectivity index (χ3n) is 2.74. The third-order valence-corrected chi connectivity index (χ3v) is 2.97. The van der Waals surface area contributed by atoms with Gasteiger partial charge in [-0.15, -0.1) is 0 Å². The second-order valence-electron chi connectivity index (χ2n) is 4.49. The SMILES string of the molecule is CCOC(=O)NN(C(=O)NC1CC1)c1ccc(Cl)cc1F. The molecule has 0 atom stereocenters. The fourth-order valence-electron chi connectivity index (χ4n) is 1.60. The molecule has 114 valence electrons. The van der Waals surface area contributed by atoms with E-state index in [0.29, 0.717) is 0 Å². The summed E-state index contributed by atoms with van der Waals surface area (Å²) in [4.78, 5) is 23.6. The molecule has 0 unspecified atom stereocenters. The van der Waals surface area contributed by atoms with Crippen molar-refractivity contribution in [1.29, 1.82) is 0 Å². The lowest BCUT2D eigenvalue weighted by Crippen LogP contribution is -2.52. The molecule has 1 aliphatic carbocycles. The van der Waals surface area contributed by atoms with Gasteiger partial charge < -0.3 is 10.1 Å². The molecule has 0 aliphatic heterocycles. The van der Waals surface area contributed by atoms with Gasteiger partial charge in [0.15, 0.2) is 0 Å². The summed E-state index contributed by atoms with van der Waals surface area (Å²) in [5.41, 5.74) is 2.08. The summed E-state index contributed by atoms with van der Waals surface area (Å²) in [5.74, 6) is -0.731. The Morgan fingerprint density at radius 1 is 1.48 bits per heavy atom. The summed E-state index contributed by atoms with van der Waals surface area (Å²) in [7, 11) is 0. The smallest absolute Gasteiger partial charge is 0.426 e. The highest BCUT2D eigenvalue weighted by Gasteiger charge is 2.29. The zero-order valence-corrected chi connectivity index (χ0v) is 12.1. The Hall–Kier alpha value is -2.02. The number of nitrogens with zero attached hydrogens (tertiary/aromatic N) is 1. The predicted molar refractivity (Wildman–Crippen MR) is 75.6 cm³/mol. The van der Waals surface area contributed by atoms with Gasteiger partial charge in [-0.25, -0.2) is 19.4 Å². The maximum atomic E-state index is 14.0. The van der Waals surface area contributed by atoms with Gasteiger partial charge in [0.1, 0.15) is 11.5 Å². The molecule has 2 rings (SSSR count). The third kappa shape index (κ3) is 4.22. The van der Waals surface area contributed by atoms with Crippen LogP contribution < -0.4 is 15.8 Å². The van der Waals surface area contributed by atoms with Gasteiger partial charge in [-0.05, 0) is 38.0 Å². The van der Waals surface area contributed by atoms with Crippen LogP contribution >= 0.6 is 11.6 Å². The number of benzene rings is 1. The molecule has 1 fully saturated rings. The van der Waals surface area contributed by atoms with E-state index in [9.17, 15) is 14.0 Å². The number of carbonyl (C=O) groups excluding carboxylic acids is 2. The number of hydrogen-bond donors (Lipinski definition) is 2. The lowest BCUT2D eigenvalue weighted by atomic mass is 10.3. The van der Waals surface area contributed by atoms with Gasteiger partial charge in [-0.3, -0.25) is 0 Å². The molecular weight excluding hydrogens is 301 g/mol. The Morgan fingerprint density at radius 2 is 2.19 bits per heavy atom. The normalized spacial score (nSPS) is 13.5. The van der Waals surface area contributed by atoms with Crippen molar-refractivity contribution in [2.24, 2.45) is 0 Å². The van der Waals surface area contributed by atoms with Crippen LogP contribution in [-0.4, -0.2) is 24.8 Å². The van der Waals surface area contributed by atoms with E-state index < -0.39 is 17.9 Å². The molecule has 2 N–H and O–H groups in total. The van der Waals surface area contributed by atoms with E-state index in [-0.39, 0.29) is 23.4 Å². The highest BCUT2D eigenvalue weighted by molar-refractivity contribution is 6.30. The standard InChI is InChI=1S/C13H15ClFN3O3/c1-2-21-13(20)17-18(12(19)16-9-4-5-9)11-6-3-8(14)7-10(11)15/h3,6-7,9H,2,4-5H2,1H3,(H,16,19)(H,17,20). The van der Waals surface area contributed by atoms with Crippen molar-refractivity contribution in [3.63, 3.8) is 0 Å². The van der Waals surface area contributed by atoms with Crippen LogP contribution in [0.2, 0.25) is 5.02 Å². The molecule has 0 spiro atoms. The van der Waals surface area contributed by atoms with Crippen molar-refractivity contribution in [3.8, 4) is 0 Å². The van der Waals surface area contributed by atoms with E-state index in [1.54, 1.807) is 6.92 Å². The molecule has 1 aliphatic rings. The number of hydrazine groups is 1. The molecule has 0 bridgehead atoms. The summed E-state index contributed by atoms with van der Waals surface area (Å²) >= 11 is 5.68. The van der Waals surface area contributed by atoms with Crippen LogP contribution in [0.15, 0.2) is 18.2 Å². The Morgan fingerprint density at radius 3 is 2.76 bits per heavy atom. The molecule has 0 saturated heterocycles. The first-order chi connectivity index (χ1) is 10.0. The van der Waals surface area contributed by atoms with Gasteiger partial charge in [-0.1, -0.05) is 11.6 Å². The van der Waals surface area contributed by atoms with Gasteiger partial charge in [0.25, 0.3) is 0 Å². The highest BCUT2D eigenvalue weighted by atomic mass is 35.5. The minimum Gasteiger partial charge on any atom is -0.449 e. The molecule has 1 aromatic carbocycles. The summed E-state index contributed by atoms with van der Waals surface area (Å²) < 4.78 is 18.7. The van der Waals surface area contributed by atoms with Crippen LogP contribution in [0.5, 0.6) is 0 Å². The van der Waals surface area contributed by atoms with Crippen LogP contribution in [0.1, 0.15) is 19.8 Å². The number of urea groups is 1. The average Bonchev–Trinajstić information content (AvgIpc) is 3.21. The number of halogens is 2. The van der Waals surface area contributed by atoms with Gasteiger partial charge in [0, 0.05) is 11.1 Å². The number of anilines is 1. The quantitative estimate of drug-likeness (QED) is 0.843. The topological polar surface area (TPSA) is 70.7 Å². The van der Waals surface area contributed by atoms with Crippen LogP contribution in [0.25, 0.3) is 0 Å². The lowest BCUT2D eigenvalue weighted by molar-refractivity contribution is 0.150. The van der Waals surface area contributed by atoms with E-state index in [0.717, 1.165) is 23.9 Å². The minimum absolute atomic E-state index is 0.0550. The average molecular weight is 316 g/mol. The van der Waals surface area contributed by atoms with E-state index in [4.69, 9.17) is 16.3 Å². The molecule has 21 heavy (non-hydrogen) atoms. The van der Waals surface area contributed by atoms with Crippen LogP contribution in [0.3, 0.4) is 0 Å². The molecule has 0 aromatic heterocycles. The summed E-state index contributed by atoms with van der Waals surface area (Å²) in [6.07, 6.45) is 0.877. The molecule has 0 heterocycles. The summed E-state index contributed by atoms with van der Waals surface area (Å²) in [6.45, 7) is 1.75. The van der Waals surface area contributed by atoms with E-state index in [1.165, 1.54) is 12.1 Å². The molecule has 6 nitrogen and oxygen atoms in total.